The molecular formula is C19H20N4O3. The molecule has 0 bridgehead atoms. The van der Waals surface area contributed by atoms with Crippen molar-refractivity contribution in [2.75, 3.05) is 18.0 Å². The normalized spacial score (nSPS) is 20.6. The minimum atomic E-state index is -0.640. The van der Waals surface area contributed by atoms with Crippen molar-refractivity contribution in [1.29, 1.82) is 0 Å². The van der Waals surface area contributed by atoms with Crippen LogP contribution < -0.4 is 10.5 Å². The zero-order valence-electron chi connectivity index (χ0n) is 14.5. The Bertz CT molecular complexity index is 944. The van der Waals surface area contributed by atoms with Crippen LogP contribution in [0.1, 0.15) is 53.0 Å². The molecule has 26 heavy (non-hydrogen) atoms. The summed E-state index contributed by atoms with van der Waals surface area (Å²) in [4.78, 5) is 38.7. The number of nitrogens with zero attached hydrogens (tertiary/aromatic N) is 3. The molecule has 0 amide bonds. The molecule has 2 aromatic heterocycles. The van der Waals surface area contributed by atoms with Crippen molar-refractivity contribution in [1.82, 2.24) is 15.0 Å². The third-order valence-electron chi connectivity index (χ3n) is 5.80. The highest BCUT2D eigenvalue weighted by atomic mass is 16.6. The summed E-state index contributed by atoms with van der Waals surface area (Å²) < 4.78 is 5.74. The molecule has 0 radical (unpaired) electrons. The molecule has 0 atom stereocenters. The lowest BCUT2D eigenvalue weighted by atomic mass is 9.87. The number of aromatic amines is 1. The van der Waals surface area contributed by atoms with Crippen LogP contribution in [0.25, 0.3) is 0 Å². The third kappa shape index (κ3) is 2.26. The number of carbonyl (C=O) groups is 1. The predicted octanol–water partition coefficient (Wildman–Crippen LogP) is 1.71. The maximum Gasteiger partial charge on any atom is 0.341 e. The van der Waals surface area contributed by atoms with Crippen molar-refractivity contribution in [3.8, 4) is 0 Å². The second-order valence-corrected chi connectivity index (χ2v) is 7.29. The van der Waals surface area contributed by atoms with E-state index in [1.807, 2.05) is 0 Å². The first kappa shape index (κ1) is 15.5. The van der Waals surface area contributed by atoms with Crippen molar-refractivity contribution in [2.24, 2.45) is 0 Å². The summed E-state index contributed by atoms with van der Waals surface area (Å²) in [6, 6.07) is 3.53. The Morgan fingerprint density at radius 1 is 1.15 bits per heavy atom. The minimum Gasteiger partial charge on any atom is -0.449 e. The van der Waals surface area contributed by atoms with Crippen molar-refractivity contribution in [3.63, 3.8) is 0 Å². The molecule has 7 heteroatoms. The maximum atomic E-state index is 12.4. The van der Waals surface area contributed by atoms with Gasteiger partial charge in [-0.25, -0.2) is 9.78 Å². The largest absolute Gasteiger partial charge is 0.449 e. The van der Waals surface area contributed by atoms with Crippen LogP contribution >= 0.6 is 0 Å². The first-order chi connectivity index (χ1) is 12.7. The summed E-state index contributed by atoms with van der Waals surface area (Å²) >= 11 is 0. The molecule has 1 N–H and O–H groups in total. The van der Waals surface area contributed by atoms with Crippen LogP contribution in [0.4, 0.5) is 5.95 Å². The van der Waals surface area contributed by atoms with Crippen molar-refractivity contribution in [2.45, 2.75) is 44.1 Å². The van der Waals surface area contributed by atoms with Gasteiger partial charge < -0.3 is 9.64 Å². The van der Waals surface area contributed by atoms with Gasteiger partial charge in [0.25, 0.3) is 5.56 Å². The number of fused-ring (bicyclic) bond motifs is 3. The zero-order chi connectivity index (χ0) is 17.7. The lowest BCUT2D eigenvalue weighted by Gasteiger charge is -2.38. The van der Waals surface area contributed by atoms with Crippen LogP contribution in [0.3, 0.4) is 0 Å². The van der Waals surface area contributed by atoms with Gasteiger partial charge in [0.05, 0.1) is 17.0 Å². The summed E-state index contributed by atoms with van der Waals surface area (Å²) in [5.74, 6) is 0.345. The number of aryl methyl sites for hydroxylation is 1. The molecule has 1 saturated heterocycles. The van der Waals surface area contributed by atoms with E-state index in [0.717, 1.165) is 42.6 Å². The number of ether oxygens (including phenoxy) is 1. The zero-order valence-corrected chi connectivity index (χ0v) is 14.5. The van der Waals surface area contributed by atoms with Gasteiger partial charge in [-0.3, -0.25) is 14.8 Å². The number of esters is 1. The first-order valence-electron chi connectivity index (χ1n) is 9.22. The SMILES string of the molecule is O=C1OC2(CCN(c3nc4c(c(=O)[nH]3)CCCC4)CC2)c2ncccc21. The van der Waals surface area contributed by atoms with Gasteiger partial charge in [-0.15, -0.1) is 0 Å². The molecule has 0 saturated carbocycles. The van der Waals surface area contributed by atoms with Crippen molar-refractivity contribution in [3.05, 3.63) is 51.2 Å². The van der Waals surface area contributed by atoms with Gasteiger partial charge in [0.1, 0.15) is 0 Å². The Morgan fingerprint density at radius 3 is 2.81 bits per heavy atom. The van der Waals surface area contributed by atoms with Crippen molar-refractivity contribution < 1.29 is 9.53 Å². The number of nitrogens with one attached hydrogen (secondary N) is 1. The van der Waals surface area contributed by atoms with E-state index in [4.69, 9.17) is 9.72 Å². The quantitative estimate of drug-likeness (QED) is 0.786. The summed E-state index contributed by atoms with van der Waals surface area (Å²) in [7, 11) is 0. The second-order valence-electron chi connectivity index (χ2n) is 7.29. The average molecular weight is 352 g/mol. The second kappa shape index (κ2) is 5.65. The minimum absolute atomic E-state index is 0.00991. The Morgan fingerprint density at radius 2 is 1.96 bits per heavy atom. The van der Waals surface area contributed by atoms with Crippen molar-refractivity contribution >= 4 is 11.9 Å². The lowest BCUT2D eigenvalue weighted by molar-refractivity contribution is -0.0230. The van der Waals surface area contributed by atoms with Crippen LogP contribution in [0.15, 0.2) is 23.1 Å². The maximum absolute atomic E-state index is 12.4. The van der Waals surface area contributed by atoms with Gasteiger partial charge in [-0.2, -0.15) is 0 Å². The predicted molar refractivity (Wildman–Crippen MR) is 94.3 cm³/mol. The fourth-order valence-electron chi connectivity index (χ4n) is 4.37. The number of hydrogen-bond acceptors (Lipinski definition) is 6. The lowest BCUT2D eigenvalue weighted by Crippen LogP contribution is -2.44. The molecule has 4 heterocycles. The molecule has 0 aromatic carbocycles. The van der Waals surface area contributed by atoms with E-state index in [0.29, 0.717) is 37.4 Å². The van der Waals surface area contributed by atoms with Gasteiger partial charge >= 0.3 is 5.97 Å². The molecule has 1 aliphatic carbocycles. The van der Waals surface area contributed by atoms with Crippen LogP contribution in [0, 0.1) is 0 Å². The van der Waals surface area contributed by atoms with E-state index >= 15 is 0 Å². The van der Waals surface area contributed by atoms with E-state index in [-0.39, 0.29) is 11.5 Å². The van der Waals surface area contributed by atoms with Crippen LogP contribution in [0.5, 0.6) is 0 Å². The molecule has 1 fully saturated rings. The molecule has 7 nitrogen and oxygen atoms in total. The van der Waals surface area contributed by atoms with Crippen LogP contribution in [-0.4, -0.2) is 34.0 Å². The first-order valence-corrected chi connectivity index (χ1v) is 9.22. The smallest absolute Gasteiger partial charge is 0.341 e. The molecular weight excluding hydrogens is 332 g/mol. The summed E-state index contributed by atoms with van der Waals surface area (Å²) in [6.45, 7) is 1.32. The molecule has 0 unspecified atom stereocenters. The van der Waals surface area contributed by atoms with Gasteiger partial charge in [-0.05, 0) is 37.8 Å². The summed E-state index contributed by atoms with van der Waals surface area (Å²) in [5.41, 5.74) is 2.45. The number of piperidine rings is 1. The standard InChI is InChI=1S/C19H20N4O3/c24-16-12-4-1-2-6-14(12)21-18(22-16)23-10-7-19(8-11-23)15-13(17(25)26-19)5-3-9-20-15/h3,5,9H,1-2,4,6-8,10-11H2,(H,21,22,24). The summed E-state index contributed by atoms with van der Waals surface area (Å²) in [6.07, 6.45) is 6.83. The van der Waals surface area contributed by atoms with E-state index in [2.05, 4.69) is 14.9 Å². The Labute approximate surface area is 150 Å². The van der Waals surface area contributed by atoms with Gasteiger partial charge in [0.15, 0.2) is 5.60 Å². The van der Waals surface area contributed by atoms with Gasteiger partial charge in [0.2, 0.25) is 5.95 Å². The molecule has 3 aliphatic rings. The highest BCUT2D eigenvalue weighted by Gasteiger charge is 2.48. The fraction of sp³-hybridized carbons (Fsp3) is 0.474. The Balaban J connectivity index is 1.41. The number of rotatable bonds is 1. The number of hydrogen-bond donors (Lipinski definition) is 1. The van der Waals surface area contributed by atoms with Crippen LogP contribution in [-0.2, 0) is 23.2 Å². The Hall–Kier alpha value is -2.70. The monoisotopic (exact) mass is 352 g/mol. The molecule has 134 valence electrons. The fourth-order valence-corrected chi connectivity index (χ4v) is 4.37. The number of pyridine rings is 1. The van der Waals surface area contributed by atoms with Gasteiger partial charge in [0, 0.05) is 37.7 Å². The van der Waals surface area contributed by atoms with Gasteiger partial charge in [-0.1, -0.05) is 0 Å². The third-order valence-corrected chi connectivity index (χ3v) is 5.80. The van der Waals surface area contributed by atoms with E-state index < -0.39 is 5.60 Å². The topological polar surface area (TPSA) is 88.2 Å². The molecule has 1 spiro atoms. The molecule has 2 aliphatic heterocycles. The molecule has 5 rings (SSSR count). The van der Waals surface area contributed by atoms with Crippen LogP contribution in [0.2, 0.25) is 0 Å². The number of aromatic nitrogens is 3. The number of H-pyrrole nitrogens is 1. The van der Waals surface area contributed by atoms with E-state index in [1.54, 1.807) is 18.3 Å². The Kier molecular flexibility index (Phi) is 3.38. The molecule has 2 aromatic rings. The van der Waals surface area contributed by atoms with E-state index in [1.165, 1.54) is 0 Å². The highest BCUT2D eigenvalue weighted by molar-refractivity contribution is 5.94. The van der Waals surface area contributed by atoms with E-state index in [9.17, 15) is 9.59 Å². The highest BCUT2D eigenvalue weighted by Crippen LogP contribution is 2.43. The number of anilines is 1. The average Bonchev–Trinajstić information content (AvgIpc) is 2.94. The number of carbonyl (C=O) groups excluding carboxylic acids is 1. The summed E-state index contributed by atoms with van der Waals surface area (Å²) in [5, 5.41) is 0.